The summed E-state index contributed by atoms with van der Waals surface area (Å²) in [4.78, 5) is 0. The third-order valence-electron chi connectivity index (χ3n) is 1.29. The SMILES string of the molecule is CC(CCO)SCCCN. The van der Waals surface area contributed by atoms with Crippen molar-refractivity contribution in [2.24, 2.45) is 5.73 Å². The summed E-state index contributed by atoms with van der Waals surface area (Å²) in [6.07, 6.45) is 1.98. The number of thioether (sulfide) groups is 1. The minimum atomic E-state index is 0.302. The van der Waals surface area contributed by atoms with E-state index >= 15 is 0 Å². The molecule has 3 heteroatoms. The van der Waals surface area contributed by atoms with Gasteiger partial charge in [0.15, 0.2) is 0 Å². The predicted molar refractivity (Wildman–Crippen MR) is 47.3 cm³/mol. The van der Waals surface area contributed by atoms with Gasteiger partial charge in [-0.2, -0.15) is 11.8 Å². The fourth-order valence-electron chi connectivity index (χ4n) is 0.633. The fraction of sp³-hybridized carbons (Fsp3) is 1.00. The van der Waals surface area contributed by atoms with Gasteiger partial charge < -0.3 is 10.8 Å². The van der Waals surface area contributed by atoms with Crippen LogP contribution in [0.3, 0.4) is 0 Å². The van der Waals surface area contributed by atoms with Crippen molar-refractivity contribution < 1.29 is 5.11 Å². The predicted octanol–water partition coefficient (Wildman–Crippen LogP) is 0.839. The molecule has 0 aromatic heterocycles. The number of aliphatic hydroxyl groups is 1. The molecule has 10 heavy (non-hydrogen) atoms. The molecule has 0 rings (SSSR count). The van der Waals surface area contributed by atoms with Crippen LogP contribution in [-0.2, 0) is 0 Å². The number of hydrogen-bond donors (Lipinski definition) is 2. The van der Waals surface area contributed by atoms with Gasteiger partial charge in [0.2, 0.25) is 0 Å². The molecule has 1 atom stereocenters. The highest BCUT2D eigenvalue weighted by atomic mass is 32.2. The zero-order chi connectivity index (χ0) is 7.82. The van der Waals surface area contributed by atoms with E-state index < -0.39 is 0 Å². The van der Waals surface area contributed by atoms with E-state index in [4.69, 9.17) is 10.8 Å². The van der Waals surface area contributed by atoms with Gasteiger partial charge in [0, 0.05) is 11.9 Å². The molecule has 0 amide bonds. The molecule has 0 aromatic carbocycles. The Kier molecular flexibility index (Phi) is 7.58. The van der Waals surface area contributed by atoms with Crippen LogP contribution >= 0.6 is 11.8 Å². The lowest BCUT2D eigenvalue weighted by molar-refractivity contribution is 0.289. The lowest BCUT2D eigenvalue weighted by atomic mass is 10.3. The molecule has 0 aromatic rings. The fourth-order valence-corrected chi connectivity index (χ4v) is 1.64. The summed E-state index contributed by atoms with van der Waals surface area (Å²) in [5.74, 6) is 1.12. The Morgan fingerprint density at radius 2 is 2.30 bits per heavy atom. The topological polar surface area (TPSA) is 46.2 Å². The Labute approximate surface area is 67.2 Å². The molecular weight excluding hydrogens is 146 g/mol. The molecule has 0 saturated carbocycles. The van der Waals surface area contributed by atoms with E-state index in [1.165, 1.54) is 0 Å². The van der Waals surface area contributed by atoms with Gasteiger partial charge in [0.25, 0.3) is 0 Å². The van der Waals surface area contributed by atoms with Gasteiger partial charge >= 0.3 is 0 Å². The maximum Gasteiger partial charge on any atom is 0.0441 e. The third kappa shape index (κ3) is 6.39. The molecule has 0 aliphatic heterocycles. The van der Waals surface area contributed by atoms with Crippen molar-refractivity contribution in [2.75, 3.05) is 18.9 Å². The van der Waals surface area contributed by atoms with E-state index in [2.05, 4.69) is 6.92 Å². The van der Waals surface area contributed by atoms with Gasteiger partial charge in [-0.25, -0.2) is 0 Å². The van der Waals surface area contributed by atoms with E-state index in [9.17, 15) is 0 Å². The van der Waals surface area contributed by atoms with Crippen molar-refractivity contribution in [2.45, 2.75) is 25.0 Å². The van der Waals surface area contributed by atoms with E-state index in [0.29, 0.717) is 11.9 Å². The summed E-state index contributed by atoms with van der Waals surface area (Å²) in [6.45, 7) is 3.22. The molecule has 0 bridgehead atoms. The van der Waals surface area contributed by atoms with Crippen molar-refractivity contribution in [1.82, 2.24) is 0 Å². The second-order valence-electron chi connectivity index (χ2n) is 2.34. The van der Waals surface area contributed by atoms with Crippen LogP contribution in [0.25, 0.3) is 0 Å². The van der Waals surface area contributed by atoms with Gasteiger partial charge in [-0.05, 0) is 25.1 Å². The molecule has 0 spiro atoms. The summed E-state index contributed by atoms with van der Waals surface area (Å²) in [6, 6.07) is 0. The highest BCUT2D eigenvalue weighted by molar-refractivity contribution is 7.99. The largest absolute Gasteiger partial charge is 0.396 e. The summed E-state index contributed by atoms with van der Waals surface area (Å²) in [7, 11) is 0. The van der Waals surface area contributed by atoms with E-state index in [1.54, 1.807) is 0 Å². The van der Waals surface area contributed by atoms with Crippen molar-refractivity contribution in [3.05, 3.63) is 0 Å². The van der Waals surface area contributed by atoms with Gasteiger partial charge in [-0.15, -0.1) is 0 Å². The van der Waals surface area contributed by atoms with Crippen LogP contribution in [0.1, 0.15) is 19.8 Å². The monoisotopic (exact) mass is 163 g/mol. The average molecular weight is 163 g/mol. The smallest absolute Gasteiger partial charge is 0.0441 e. The third-order valence-corrected chi connectivity index (χ3v) is 2.62. The Morgan fingerprint density at radius 3 is 2.80 bits per heavy atom. The van der Waals surface area contributed by atoms with Crippen molar-refractivity contribution in [1.29, 1.82) is 0 Å². The molecule has 0 radical (unpaired) electrons. The minimum Gasteiger partial charge on any atom is -0.396 e. The standard InChI is InChI=1S/C7H17NOS/c1-7(3-5-9)10-6-2-4-8/h7,9H,2-6,8H2,1H3. The van der Waals surface area contributed by atoms with Crippen LogP contribution in [0.5, 0.6) is 0 Å². The summed E-state index contributed by atoms with van der Waals surface area (Å²) in [5.41, 5.74) is 5.33. The van der Waals surface area contributed by atoms with Gasteiger partial charge in [0.1, 0.15) is 0 Å². The Bertz CT molecular complexity index is 70.6. The number of nitrogens with two attached hydrogens (primary N) is 1. The molecule has 0 aliphatic carbocycles. The Balaban J connectivity index is 2.97. The van der Waals surface area contributed by atoms with Gasteiger partial charge in [-0.1, -0.05) is 6.92 Å². The van der Waals surface area contributed by atoms with Gasteiger partial charge in [0.05, 0.1) is 0 Å². The first-order valence-electron chi connectivity index (χ1n) is 3.73. The molecule has 0 fully saturated rings. The molecular formula is C7H17NOS. The van der Waals surface area contributed by atoms with Crippen LogP contribution < -0.4 is 5.73 Å². The van der Waals surface area contributed by atoms with Crippen molar-refractivity contribution in [3.8, 4) is 0 Å². The van der Waals surface area contributed by atoms with Gasteiger partial charge in [-0.3, -0.25) is 0 Å². The van der Waals surface area contributed by atoms with Crippen LogP contribution in [-0.4, -0.2) is 29.3 Å². The van der Waals surface area contributed by atoms with Crippen LogP contribution in [0.15, 0.2) is 0 Å². The van der Waals surface area contributed by atoms with Crippen LogP contribution in [0, 0.1) is 0 Å². The van der Waals surface area contributed by atoms with E-state index in [-0.39, 0.29) is 0 Å². The minimum absolute atomic E-state index is 0.302. The lowest BCUT2D eigenvalue weighted by Gasteiger charge is -2.07. The quantitative estimate of drug-likeness (QED) is 0.570. The highest BCUT2D eigenvalue weighted by Crippen LogP contribution is 2.13. The van der Waals surface area contributed by atoms with Crippen molar-refractivity contribution in [3.63, 3.8) is 0 Å². The first-order chi connectivity index (χ1) is 4.81. The van der Waals surface area contributed by atoms with Crippen LogP contribution in [0.2, 0.25) is 0 Å². The highest BCUT2D eigenvalue weighted by Gasteiger charge is 1.99. The lowest BCUT2D eigenvalue weighted by Crippen LogP contribution is -2.04. The van der Waals surface area contributed by atoms with E-state index in [1.807, 2.05) is 11.8 Å². The maximum atomic E-state index is 8.56. The molecule has 62 valence electrons. The van der Waals surface area contributed by atoms with Crippen molar-refractivity contribution >= 4 is 11.8 Å². The average Bonchev–Trinajstić information content (AvgIpc) is 1.89. The number of hydrogen-bond acceptors (Lipinski definition) is 3. The summed E-state index contributed by atoms with van der Waals surface area (Å²) < 4.78 is 0. The zero-order valence-corrected chi connectivity index (χ0v) is 7.36. The normalized spacial score (nSPS) is 13.5. The molecule has 3 N–H and O–H groups in total. The number of aliphatic hydroxyl groups excluding tert-OH is 1. The summed E-state index contributed by atoms with van der Waals surface area (Å²) in [5, 5.41) is 9.14. The molecule has 0 saturated heterocycles. The second kappa shape index (κ2) is 7.38. The Hall–Kier alpha value is 0.270. The molecule has 0 heterocycles. The molecule has 0 aliphatic rings. The summed E-state index contributed by atoms with van der Waals surface area (Å²) >= 11 is 1.89. The van der Waals surface area contributed by atoms with Crippen LogP contribution in [0.4, 0.5) is 0 Å². The first kappa shape index (κ1) is 10.3. The number of rotatable bonds is 6. The molecule has 1 unspecified atom stereocenters. The van der Waals surface area contributed by atoms with E-state index in [0.717, 1.165) is 25.1 Å². The Morgan fingerprint density at radius 1 is 1.60 bits per heavy atom. The zero-order valence-electron chi connectivity index (χ0n) is 6.55. The molecule has 2 nitrogen and oxygen atoms in total. The maximum absolute atomic E-state index is 8.56. The first-order valence-corrected chi connectivity index (χ1v) is 4.78. The second-order valence-corrected chi connectivity index (χ2v) is 3.88.